The summed E-state index contributed by atoms with van der Waals surface area (Å²) in [6.07, 6.45) is 9.97. The quantitative estimate of drug-likeness (QED) is 0.175. The maximum Gasteiger partial charge on any atom is 0.249 e. The van der Waals surface area contributed by atoms with Crippen molar-refractivity contribution in [3.8, 4) is 11.8 Å². The molecule has 4 aromatic rings. The summed E-state index contributed by atoms with van der Waals surface area (Å²) in [4.78, 5) is 39.4. The first-order valence-corrected chi connectivity index (χ1v) is 19.3. The molecule has 4 atom stereocenters. The van der Waals surface area contributed by atoms with Gasteiger partial charge < -0.3 is 25.6 Å². The lowest BCUT2D eigenvalue weighted by atomic mass is 9.94. The molecule has 8 rings (SSSR count). The lowest BCUT2D eigenvalue weighted by Crippen LogP contribution is -2.61. The molecule has 4 aliphatic heterocycles. The fraction of sp³-hybridized carbons (Fsp3) is 0.415. The monoisotopic (exact) mass is 759 g/mol. The molecular formula is C41H46FN11O3. The average Bonchev–Trinajstić information content (AvgIpc) is 3.80. The van der Waals surface area contributed by atoms with Gasteiger partial charge >= 0.3 is 0 Å². The number of pyridine rings is 1. The number of aliphatic imine (C=N–C) groups is 1. The summed E-state index contributed by atoms with van der Waals surface area (Å²) in [5, 5.41) is 20.3. The molecule has 0 saturated carbocycles. The van der Waals surface area contributed by atoms with Crippen LogP contribution >= 0.6 is 0 Å². The summed E-state index contributed by atoms with van der Waals surface area (Å²) in [5.41, 5.74) is 10.7. The Balaban J connectivity index is 0.807. The molecule has 2 aromatic carbocycles. The van der Waals surface area contributed by atoms with Gasteiger partial charge in [-0.3, -0.25) is 29.5 Å². The van der Waals surface area contributed by atoms with Gasteiger partial charge in [-0.05, 0) is 98.8 Å². The molecule has 3 saturated heterocycles. The number of nitrogens with one attached hydrogen (secondary N) is 2. The van der Waals surface area contributed by atoms with E-state index in [9.17, 15) is 19.2 Å². The zero-order valence-electron chi connectivity index (χ0n) is 31.3. The smallest absolute Gasteiger partial charge is 0.249 e. The number of hydrogen-bond acceptors (Lipinski definition) is 12. The van der Waals surface area contributed by atoms with Crippen molar-refractivity contribution in [2.24, 2.45) is 10.9 Å². The van der Waals surface area contributed by atoms with Gasteiger partial charge in [-0.25, -0.2) is 9.37 Å². The third-order valence-corrected chi connectivity index (χ3v) is 11.4. The highest BCUT2D eigenvalue weighted by Gasteiger charge is 2.36. The van der Waals surface area contributed by atoms with Crippen LogP contribution in [0.5, 0.6) is 5.75 Å². The molecule has 4 aliphatic rings. The van der Waals surface area contributed by atoms with E-state index < -0.39 is 18.2 Å². The van der Waals surface area contributed by atoms with Gasteiger partial charge in [0.15, 0.2) is 17.6 Å². The molecule has 290 valence electrons. The zero-order chi connectivity index (χ0) is 38.8. The number of hydrogen-bond donors (Lipinski definition) is 3. The van der Waals surface area contributed by atoms with Crippen LogP contribution in [-0.2, 0) is 22.7 Å². The summed E-state index contributed by atoms with van der Waals surface area (Å²) in [6.45, 7) is 7.32. The molecule has 2 amide bonds. The first-order chi connectivity index (χ1) is 27.2. The Labute approximate surface area is 325 Å². The minimum Gasteiger partial charge on any atom is -0.482 e. The highest BCUT2D eigenvalue weighted by atomic mass is 19.1. The number of piperidine rings is 2. The Morgan fingerprint density at radius 2 is 1.89 bits per heavy atom. The largest absolute Gasteiger partial charge is 0.482 e. The minimum absolute atomic E-state index is 0.211. The van der Waals surface area contributed by atoms with Crippen molar-refractivity contribution >= 4 is 35.3 Å². The normalized spacial score (nSPS) is 22.4. The number of anilines is 3. The molecule has 3 unspecified atom stereocenters. The molecular weight excluding hydrogens is 714 g/mol. The van der Waals surface area contributed by atoms with Gasteiger partial charge in [0.25, 0.3) is 0 Å². The lowest BCUT2D eigenvalue weighted by molar-refractivity contribution is -0.133. The van der Waals surface area contributed by atoms with Crippen LogP contribution in [0.4, 0.5) is 21.6 Å². The molecule has 0 bridgehead atoms. The molecule has 6 heterocycles. The highest BCUT2D eigenvalue weighted by molar-refractivity contribution is 6.01. The fourth-order valence-electron chi connectivity index (χ4n) is 8.12. The Hall–Kier alpha value is -6.01. The topological polar surface area (TPSA) is 170 Å². The summed E-state index contributed by atoms with van der Waals surface area (Å²) < 4.78 is 22.0. The predicted octanol–water partition coefficient (Wildman–Crippen LogP) is 4.43. The van der Waals surface area contributed by atoms with E-state index in [2.05, 4.69) is 54.8 Å². The fourth-order valence-corrected chi connectivity index (χ4v) is 8.12. The van der Waals surface area contributed by atoms with E-state index in [0.29, 0.717) is 42.7 Å². The van der Waals surface area contributed by atoms with Crippen LogP contribution in [0.2, 0.25) is 0 Å². The number of halogens is 1. The second-order valence-corrected chi connectivity index (χ2v) is 15.2. The van der Waals surface area contributed by atoms with Crippen molar-refractivity contribution in [3.05, 3.63) is 95.7 Å². The summed E-state index contributed by atoms with van der Waals surface area (Å²) in [5.74, 6) is 0.294. The van der Waals surface area contributed by atoms with Crippen molar-refractivity contribution in [2.45, 2.75) is 76.0 Å². The van der Waals surface area contributed by atoms with Gasteiger partial charge in [-0.15, -0.1) is 0 Å². The third kappa shape index (κ3) is 8.16. The second-order valence-electron chi connectivity index (χ2n) is 15.2. The van der Waals surface area contributed by atoms with Crippen LogP contribution in [0.1, 0.15) is 61.4 Å². The molecule has 56 heavy (non-hydrogen) atoms. The molecule has 14 nitrogen and oxygen atoms in total. The standard InChI is InChI=1S/C41H46FN11O3/c1-26(29-3-2-4-31(42)15-29)56-37-16-30(19-45-40(37)44)39-36(17-43)46-25-52(39)20-28-18-47-53(22-28)21-27-11-13-50(14-12-27)34-23-51(24-34)33-7-5-32(6-8-33)48-35-9-10-38(54)49-41(35)55/h2-8,15-16,18-19,22,25-27,34-36,39,48H,9-14,20-21,23-24H2,1H3,(H2,44,45)(H,49,54,55)/t26-,35?,36?,39?/m1/s1. The number of nitrogen functional groups attached to an aromatic ring is 1. The second kappa shape index (κ2) is 16.0. The van der Waals surface area contributed by atoms with Gasteiger partial charge in [-0.2, -0.15) is 10.4 Å². The Morgan fingerprint density at radius 1 is 1.09 bits per heavy atom. The predicted molar refractivity (Wildman–Crippen MR) is 209 cm³/mol. The zero-order valence-corrected chi connectivity index (χ0v) is 31.3. The number of nitrogens with zero attached hydrogens (tertiary/aromatic N) is 8. The number of ether oxygens (including phenoxy) is 1. The number of nitriles is 1. The van der Waals surface area contributed by atoms with E-state index in [4.69, 9.17) is 15.6 Å². The van der Waals surface area contributed by atoms with Gasteiger partial charge in [-0.1, -0.05) is 12.1 Å². The molecule has 0 radical (unpaired) electrons. The van der Waals surface area contributed by atoms with Crippen LogP contribution < -0.4 is 26.0 Å². The van der Waals surface area contributed by atoms with Crippen LogP contribution in [0.15, 0.2) is 78.2 Å². The molecule has 2 aromatic heterocycles. The Bertz CT molecular complexity index is 2120. The number of imide groups is 1. The van der Waals surface area contributed by atoms with Crippen molar-refractivity contribution in [1.82, 2.24) is 29.9 Å². The maximum absolute atomic E-state index is 13.8. The summed E-state index contributed by atoms with van der Waals surface area (Å²) in [6, 6.07) is 17.7. The number of likely N-dealkylation sites (tertiary alicyclic amines) is 1. The highest BCUT2D eigenvalue weighted by Crippen LogP contribution is 2.36. The number of carbonyl (C=O) groups is 2. The van der Waals surface area contributed by atoms with Gasteiger partial charge in [0.1, 0.15) is 18.0 Å². The number of carbonyl (C=O) groups excluding carboxylic acids is 2. The van der Waals surface area contributed by atoms with Gasteiger partial charge in [0, 0.05) is 68.0 Å². The first kappa shape index (κ1) is 36.9. The number of amides is 2. The minimum atomic E-state index is -0.633. The Kier molecular flexibility index (Phi) is 10.6. The van der Waals surface area contributed by atoms with E-state index in [-0.39, 0.29) is 29.5 Å². The van der Waals surface area contributed by atoms with E-state index in [1.165, 1.54) is 17.8 Å². The Morgan fingerprint density at radius 3 is 2.64 bits per heavy atom. The van der Waals surface area contributed by atoms with Crippen LogP contribution in [0.3, 0.4) is 0 Å². The van der Waals surface area contributed by atoms with Crippen molar-refractivity contribution in [2.75, 3.05) is 42.1 Å². The molecule has 3 fully saturated rings. The van der Waals surface area contributed by atoms with Crippen LogP contribution in [-0.4, -0.2) is 87.0 Å². The van der Waals surface area contributed by atoms with Gasteiger partial charge in [0.2, 0.25) is 11.8 Å². The average molecular weight is 760 g/mol. The third-order valence-electron chi connectivity index (χ3n) is 11.4. The van der Waals surface area contributed by atoms with Gasteiger partial charge in [0.05, 0.1) is 24.6 Å². The maximum atomic E-state index is 13.8. The van der Waals surface area contributed by atoms with Crippen molar-refractivity contribution in [3.63, 3.8) is 0 Å². The number of nitrogens with two attached hydrogens (primary N) is 1. The van der Waals surface area contributed by atoms with E-state index in [1.807, 2.05) is 34.8 Å². The van der Waals surface area contributed by atoms with E-state index >= 15 is 0 Å². The summed E-state index contributed by atoms with van der Waals surface area (Å²) >= 11 is 0. The molecule has 4 N–H and O–H groups in total. The van der Waals surface area contributed by atoms with Crippen LogP contribution in [0, 0.1) is 23.1 Å². The SMILES string of the molecule is C[C@@H](Oc1cc(C2C(C#N)N=CN2Cc2cnn(CC3CCN(C4CN(c5ccc(NC6CCC(=O)NC6=O)cc5)C4)CC3)c2)cnc1N)c1cccc(F)c1. The van der Waals surface area contributed by atoms with Crippen LogP contribution in [0.25, 0.3) is 0 Å². The van der Waals surface area contributed by atoms with E-state index in [0.717, 1.165) is 62.4 Å². The lowest BCUT2D eigenvalue weighted by Gasteiger charge is -2.48. The molecule has 15 heteroatoms. The summed E-state index contributed by atoms with van der Waals surface area (Å²) in [7, 11) is 0. The van der Waals surface area contributed by atoms with Crippen molar-refractivity contribution in [1.29, 1.82) is 5.26 Å². The molecule has 0 aliphatic carbocycles. The first-order valence-electron chi connectivity index (χ1n) is 19.3. The number of benzene rings is 2. The van der Waals surface area contributed by atoms with Crippen molar-refractivity contribution < 1.29 is 18.7 Å². The van der Waals surface area contributed by atoms with E-state index in [1.54, 1.807) is 30.7 Å². The molecule has 0 spiro atoms. The number of rotatable bonds is 12. The number of aromatic nitrogens is 3.